The molecule has 0 saturated carbocycles. The monoisotopic (exact) mass is 253 g/mol. The van der Waals surface area contributed by atoms with Gasteiger partial charge in [-0.2, -0.15) is 13.2 Å². The SMILES string of the molecule is NC(=S)c1cn(CC(F)(F)F)c(=O)[nH]c1=O. The van der Waals surface area contributed by atoms with Gasteiger partial charge in [-0.05, 0) is 0 Å². The maximum atomic E-state index is 12.0. The summed E-state index contributed by atoms with van der Waals surface area (Å²) in [4.78, 5) is 23.4. The molecule has 0 atom stereocenters. The number of alkyl halides is 3. The van der Waals surface area contributed by atoms with Crippen LogP contribution in [0.4, 0.5) is 13.2 Å². The number of nitrogens with zero attached hydrogens (tertiary/aromatic N) is 1. The van der Waals surface area contributed by atoms with Crippen molar-refractivity contribution in [2.24, 2.45) is 5.73 Å². The Hall–Kier alpha value is -1.64. The van der Waals surface area contributed by atoms with Crippen molar-refractivity contribution in [3.05, 3.63) is 32.6 Å². The minimum atomic E-state index is -4.57. The van der Waals surface area contributed by atoms with E-state index in [1.165, 1.54) is 0 Å². The minimum absolute atomic E-state index is 0.288. The van der Waals surface area contributed by atoms with Gasteiger partial charge >= 0.3 is 11.9 Å². The molecule has 1 heterocycles. The van der Waals surface area contributed by atoms with Crippen LogP contribution in [0.25, 0.3) is 0 Å². The molecule has 1 rings (SSSR count). The van der Waals surface area contributed by atoms with Gasteiger partial charge in [-0.3, -0.25) is 14.3 Å². The van der Waals surface area contributed by atoms with E-state index in [2.05, 4.69) is 12.2 Å². The van der Waals surface area contributed by atoms with Crippen LogP contribution in [0.3, 0.4) is 0 Å². The predicted molar refractivity (Wildman–Crippen MR) is 53.3 cm³/mol. The number of aromatic nitrogens is 2. The van der Waals surface area contributed by atoms with Crippen LogP contribution < -0.4 is 17.0 Å². The first kappa shape index (κ1) is 12.4. The first-order valence-corrected chi connectivity index (χ1v) is 4.32. The molecule has 0 fully saturated rings. The van der Waals surface area contributed by atoms with Crippen LogP contribution in [0.2, 0.25) is 0 Å². The Labute approximate surface area is 91.7 Å². The molecule has 3 N–H and O–H groups in total. The smallest absolute Gasteiger partial charge is 0.389 e. The first-order valence-electron chi connectivity index (χ1n) is 3.91. The Balaban J connectivity index is 3.32. The molecule has 0 spiro atoms. The van der Waals surface area contributed by atoms with E-state index in [0.29, 0.717) is 6.20 Å². The molecule has 0 aliphatic carbocycles. The van der Waals surface area contributed by atoms with Gasteiger partial charge in [0.2, 0.25) is 0 Å². The second kappa shape index (κ2) is 4.08. The van der Waals surface area contributed by atoms with Crippen LogP contribution in [0.15, 0.2) is 15.8 Å². The van der Waals surface area contributed by atoms with Gasteiger partial charge in [-0.25, -0.2) is 4.79 Å². The van der Waals surface area contributed by atoms with Crippen LogP contribution in [0.5, 0.6) is 0 Å². The van der Waals surface area contributed by atoms with Crippen LogP contribution in [0, 0.1) is 0 Å². The zero-order valence-electron chi connectivity index (χ0n) is 7.67. The molecule has 0 aliphatic heterocycles. The molecule has 1 aromatic rings. The summed E-state index contributed by atoms with van der Waals surface area (Å²) < 4.78 is 36.4. The van der Waals surface area contributed by atoms with E-state index in [1.807, 2.05) is 0 Å². The lowest BCUT2D eigenvalue weighted by molar-refractivity contribution is -0.141. The maximum Gasteiger partial charge on any atom is 0.406 e. The van der Waals surface area contributed by atoms with Gasteiger partial charge in [0.05, 0.1) is 5.56 Å². The van der Waals surface area contributed by atoms with Crippen molar-refractivity contribution in [1.29, 1.82) is 0 Å². The highest BCUT2D eigenvalue weighted by molar-refractivity contribution is 7.80. The summed E-state index contributed by atoms with van der Waals surface area (Å²) in [5, 5.41) is 0. The van der Waals surface area contributed by atoms with Crippen molar-refractivity contribution in [2.75, 3.05) is 0 Å². The average molecular weight is 253 g/mol. The molecule has 16 heavy (non-hydrogen) atoms. The second-order valence-corrected chi connectivity index (χ2v) is 3.35. The van der Waals surface area contributed by atoms with E-state index in [-0.39, 0.29) is 15.1 Å². The lowest BCUT2D eigenvalue weighted by atomic mass is 10.3. The van der Waals surface area contributed by atoms with Gasteiger partial charge in [-0.15, -0.1) is 0 Å². The number of nitrogens with two attached hydrogens (primary N) is 1. The number of aromatic amines is 1. The van der Waals surface area contributed by atoms with Gasteiger partial charge in [0.25, 0.3) is 5.56 Å². The number of rotatable bonds is 2. The molecule has 9 heteroatoms. The third-order valence-corrected chi connectivity index (χ3v) is 1.85. The summed E-state index contributed by atoms with van der Waals surface area (Å²) in [6.45, 7) is -1.52. The van der Waals surface area contributed by atoms with E-state index in [1.54, 1.807) is 4.98 Å². The molecule has 0 saturated heterocycles. The highest BCUT2D eigenvalue weighted by Gasteiger charge is 2.28. The molecular weight excluding hydrogens is 247 g/mol. The Bertz CT molecular complexity index is 531. The zero-order chi connectivity index (χ0) is 12.5. The van der Waals surface area contributed by atoms with Crippen LogP contribution >= 0.6 is 12.2 Å². The quantitative estimate of drug-likeness (QED) is 0.711. The number of thiocarbonyl (C=S) groups is 1. The van der Waals surface area contributed by atoms with Crippen molar-refractivity contribution in [3.63, 3.8) is 0 Å². The highest BCUT2D eigenvalue weighted by atomic mass is 32.1. The predicted octanol–water partition coefficient (Wildman–Crippen LogP) is -0.267. The zero-order valence-corrected chi connectivity index (χ0v) is 8.48. The number of nitrogens with one attached hydrogen (secondary N) is 1. The third-order valence-electron chi connectivity index (χ3n) is 1.63. The summed E-state index contributed by atoms with van der Waals surface area (Å²) in [5.41, 5.74) is 2.71. The lowest BCUT2D eigenvalue weighted by Crippen LogP contribution is -2.37. The average Bonchev–Trinajstić information content (AvgIpc) is 2.07. The summed E-state index contributed by atoms with van der Waals surface area (Å²) in [5.74, 6) is 0. The van der Waals surface area contributed by atoms with Crippen LogP contribution in [0.1, 0.15) is 5.56 Å². The molecule has 0 aromatic carbocycles. The van der Waals surface area contributed by atoms with Crippen molar-refractivity contribution in [2.45, 2.75) is 12.7 Å². The van der Waals surface area contributed by atoms with E-state index >= 15 is 0 Å². The Kier molecular flexibility index (Phi) is 3.17. The molecule has 5 nitrogen and oxygen atoms in total. The standard InChI is InChI=1S/C7H6F3N3O2S/c8-7(9,10)2-13-1-3(4(11)16)5(14)12-6(13)15/h1H,2H2,(H2,11,16)(H,12,14,15). The van der Waals surface area contributed by atoms with Crippen LogP contribution in [-0.4, -0.2) is 20.7 Å². The molecule has 0 radical (unpaired) electrons. The Morgan fingerprint density at radius 2 is 2.06 bits per heavy atom. The lowest BCUT2D eigenvalue weighted by Gasteiger charge is -2.09. The fourth-order valence-corrected chi connectivity index (χ4v) is 1.14. The van der Waals surface area contributed by atoms with E-state index in [0.717, 1.165) is 0 Å². The van der Waals surface area contributed by atoms with Gasteiger partial charge < -0.3 is 5.73 Å². The number of hydrogen-bond acceptors (Lipinski definition) is 3. The maximum absolute atomic E-state index is 12.0. The third kappa shape index (κ3) is 2.92. The molecule has 0 aliphatic rings. The number of halogens is 3. The van der Waals surface area contributed by atoms with Crippen molar-refractivity contribution < 1.29 is 13.2 Å². The summed E-state index contributed by atoms with van der Waals surface area (Å²) in [6.07, 6.45) is -3.88. The molecule has 0 amide bonds. The van der Waals surface area contributed by atoms with Crippen molar-refractivity contribution in [3.8, 4) is 0 Å². The number of hydrogen-bond donors (Lipinski definition) is 2. The number of H-pyrrole nitrogens is 1. The summed E-state index contributed by atoms with van der Waals surface area (Å²) in [7, 11) is 0. The van der Waals surface area contributed by atoms with Crippen molar-refractivity contribution >= 4 is 17.2 Å². The van der Waals surface area contributed by atoms with Gasteiger partial charge in [0, 0.05) is 6.20 Å². The summed E-state index contributed by atoms with van der Waals surface area (Å²) in [6, 6.07) is 0. The molecule has 1 aromatic heterocycles. The fraction of sp³-hybridized carbons (Fsp3) is 0.286. The molecule has 0 bridgehead atoms. The normalized spacial score (nSPS) is 11.4. The first-order chi connectivity index (χ1) is 7.20. The Morgan fingerprint density at radius 1 is 1.50 bits per heavy atom. The molecule has 88 valence electrons. The van der Waals surface area contributed by atoms with E-state index < -0.39 is 24.0 Å². The summed E-state index contributed by atoms with van der Waals surface area (Å²) >= 11 is 4.45. The fourth-order valence-electron chi connectivity index (χ4n) is 0.995. The topological polar surface area (TPSA) is 80.9 Å². The largest absolute Gasteiger partial charge is 0.406 e. The van der Waals surface area contributed by atoms with E-state index in [4.69, 9.17) is 5.73 Å². The van der Waals surface area contributed by atoms with Crippen molar-refractivity contribution in [1.82, 2.24) is 9.55 Å². The van der Waals surface area contributed by atoms with Gasteiger partial charge in [-0.1, -0.05) is 12.2 Å². The molecule has 0 unspecified atom stereocenters. The Morgan fingerprint density at radius 3 is 2.50 bits per heavy atom. The van der Waals surface area contributed by atoms with Gasteiger partial charge in [0.1, 0.15) is 11.5 Å². The highest BCUT2D eigenvalue weighted by Crippen LogP contribution is 2.15. The van der Waals surface area contributed by atoms with E-state index in [9.17, 15) is 22.8 Å². The minimum Gasteiger partial charge on any atom is -0.389 e. The van der Waals surface area contributed by atoms with Crippen LogP contribution in [-0.2, 0) is 6.54 Å². The molecular formula is C7H6F3N3O2S. The second-order valence-electron chi connectivity index (χ2n) is 2.91. The van der Waals surface area contributed by atoms with Gasteiger partial charge in [0.15, 0.2) is 0 Å².